The standard InChI is InChI=1S/C15H25BrN2O/c1-5-6-18-14(9-15(2,3)19-4)8-12-7-13(16)11-17-10-12/h7,10-11,14,18H,5-6,8-9H2,1-4H3. The lowest BCUT2D eigenvalue weighted by atomic mass is 9.94. The summed E-state index contributed by atoms with van der Waals surface area (Å²) in [5, 5.41) is 3.60. The van der Waals surface area contributed by atoms with Gasteiger partial charge in [-0.25, -0.2) is 0 Å². The van der Waals surface area contributed by atoms with Gasteiger partial charge < -0.3 is 10.1 Å². The van der Waals surface area contributed by atoms with Crippen LogP contribution in [0.1, 0.15) is 39.2 Å². The molecule has 0 bridgehead atoms. The van der Waals surface area contributed by atoms with E-state index >= 15 is 0 Å². The van der Waals surface area contributed by atoms with Gasteiger partial charge in [-0.3, -0.25) is 4.98 Å². The fourth-order valence-electron chi connectivity index (χ4n) is 2.09. The van der Waals surface area contributed by atoms with Crippen molar-refractivity contribution in [3.8, 4) is 0 Å². The van der Waals surface area contributed by atoms with Gasteiger partial charge in [0, 0.05) is 30.0 Å². The van der Waals surface area contributed by atoms with E-state index in [1.807, 2.05) is 12.4 Å². The molecule has 0 radical (unpaired) electrons. The minimum atomic E-state index is -0.106. The third kappa shape index (κ3) is 6.50. The summed E-state index contributed by atoms with van der Waals surface area (Å²) in [4.78, 5) is 4.23. The smallest absolute Gasteiger partial charge is 0.0637 e. The summed E-state index contributed by atoms with van der Waals surface area (Å²) in [7, 11) is 1.78. The number of methoxy groups -OCH3 is 1. The van der Waals surface area contributed by atoms with Crippen molar-refractivity contribution < 1.29 is 4.74 Å². The summed E-state index contributed by atoms with van der Waals surface area (Å²) >= 11 is 3.47. The highest BCUT2D eigenvalue weighted by atomic mass is 79.9. The van der Waals surface area contributed by atoms with Gasteiger partial charge >= 0.3 is 0 Å². The van der Waals surface area contributed by atoms with Gasteiger partial charge in [-0.15, -0.1) is 0 Å². The maximum absolute atomic E-state index is 5.54. The summed E-state index contributed by atoms with van der Waals surface area (Å²) in [6.45, 7) is 7.48. The van der Waals surface area contributed by atoms with E-state index in [1.165, 1.54) is 5.56 Å². The number of rotatable bonds is 8. The Bertz CT molecular complexity index is 382. The highest BCUT2D eigenvalue weighted by Crippen LogP contribution is 2.19. The zero-order chi connectivity index (χ0) is 14.3. The van der Waals surface area contributed by atoms with Crippen LogP contribution in [0.5, 0.6) is 0 Å². The van der Waals surface area contributed by atoms with Crippen LogP contribution in [0.3, 0.4) is 0 Å². The van der Waals surface area contributed by atoms with Crippen LogP contribution in [0, 0.1) is 0 Å². The Balaban J connectivity index is 2.68. The second-order valence-electron chi connectivity index (χ2n) is 5.53. The van der Waals surface area contributed by atoms with Gasteiger partial charge in [-0.05, 0) is 67.2 Å². The number of hydrogen-bond acceptors (Lipinski definition) is 3. The molecule has 0 aliphatic heterocycles. The molecule has 1 rings (SSSR count). The van der Waals surface area contributed by atoms with Gasteiger partial charge in [0.25, 0.3) is 0 Å². The maximum Gasteiger partial charge on any atom is 0.0637 e. The van der Waals surface area contributed by atoms with Crippen molar-refractivity contribution in [3.63, 3.8) is 0 Å². The van der Waals surface area contributed by atoms with Crippen LogP contribution in [-0.2, 0) is 11.2 Å². The van der Waals surface area contributed by atoms with Crippen molar-refractivity contribution >= 4 is 15.9 Å². The van der Waals surface area contributed by atoms with E-state index in [1.54, 1.807) is 7.11 Å². The Labute approximate surface area is 125 Å². The molecule has 1 heterocycles. The third-order valence-electron chi connectivity index (χ3n) is 3.22. The van der Waals surface area contributed by atoms with Crippen LogP contribution >= 0.6 is 15.9 Å². The van der Waals surface area contributed by atoms with Gasteiger partial charge in [0.2, 0.25) is 0 Å². The van der Waals surface area contributed by atoms with E-state index in [9.17, 15) is 0 Å². The predicted octanol–water partition coefficient (Wildman–Crippen LogP) is 3.57. The lowest BCUT2D eigenvalue weighted by molar-refractivity contribution is 0.00714. The number of nitrogens with zero attached hydrogens (tertiary/aromatic N) is 1. The van der Waals surface area contributed by atoms with E-state index < -0.39 is 0 Å². The molecule has 1 aromatic rings. The molecule has 19 heavy (non-hydrogen) atoms. The first-order valence-corrected chi connectivity index (χ1v) is 7.64. The van der Waals surface area contributed by atoms with E-state index in [4.69, 9.17) is 4.74 Å². The number of ether oxygens (including phenoxy) is 1. The third-order valence-corrected chi connectivity index (χ3v) is 3.65. The zero-order valence-electron chi connectivity index (χ0n) is 12.4. The van der Waals surface area contributed by atoms with Gasteiger partial charge in [0.15, 0.2) is 0 Å². The normalized spacial score (nSPS) is 13.5. The Morgan fingerprint density at radius 2 is 2.16 bits per heavy atom. The topological polar surface area (TPSA) is 34.2 Å². The summed E-state index contributed by atoms with van der Waals surface area (Å²) in [5.41, 5.74) is 1.14. The van der Waals surface area contributed by atoms with Crippen LogP contribution in [0.25, 0.3) is 0 Å². The summed E-state index contributed by atoms with van der Waals surface area (Å²) in [6.07, 6.45) is 6.85. The highest BCUT2D eigenvalue weighted by molar-refractivity contribution is 9.10. The van der Waals surface area contributed by atoms with Crippen LogP contribution in [0.2, 0.25) is 0 Å². The number of aromatic nitrogens is 1. The highest BCUT2D eigenvalue weighted by Gasteiger charge is 2.22. The van der Waals surface area contributed by atoms with Crippen LogP contribution in [0.4, 0.5) is 0 Å². The molecule has 4 heteroatoms. The lowest BCUT2D eigenvalue weighted by Gasteiger charge is -2.29. The summed E-state index contributed by atoms with van der Waals surface area (Å²) in [5.74, 6) is 0. The van der Waals surface area contributed by atoms with Crippen LogP contribution in [-0.4, -0.2) is 30.3 Å². The molecule has 0 aliphatic rings. The Hall–Kier alpha value is -0.450. The lowest BCUT2D eigenvalue weighted by Crippen LogP contribution is -2.39. The molecule has 0 amide bonds. The summed E-state index contributed by atoms with van der Waals surface area (Å²) < 4.78 is 6.58. The number of pyridine rings is 1. The van der Waals surface area contributed by atoms with Crippen molar-refractivity contribution in [2.75, 3.05) is 13.7 Å². The molecule has 0 saturated heterocycles. The number of nitrogens with one attached hydrogen (secondary N) is 1. The minimum Gasteiger partial charge on any atom is -0.379 e. The van der Waals surface area contributed by atoms with Gasteiger partial charge in [-0.2, -0.15) is 0 Å². The first kappa shape index (κ1) is 16.6. The molecular weight excluding hydrogens is 304 g/mol. The monoisotopic (exact) mass is 328 g/mol. The fraction of sp³-hybridized carbons (Fsp3) is 0.667. The quantitative estimate of drug-likeness (QED) is 0.792. The molecule has 1 unspecified atom stereocenters. The summed E-state index contributed by atoms with van der Waals surface area (Å²) in [6, 6.07) is 2.54. The van der Waals surface area contributed by atoms with Crippen molar-refractivity contribution in [1.82, 2.24) is 10.3 Å². The van der Waals surface area contributed by atoms with Crippen LogP contribution < -0.4 is 5.32 Å². The van der Waals surface area contributed by atoms with Gasteiger partial charge in [0.1, 0.15) is 0 Å². The Kier molecular flexibility index (Phi) is 6.97. The molecular formula is C15H25BrN2O. The molecule has 0 spiro atoms. The van der Waals surface area contributed by atoms with Crippen molar-refractivity contribution in [1.29, 1.82) is 0 Å². The molecule has 108 valence electrons. The number of halogens is 1. The average molecular weight is 329 g/mol. The molecule has 1 atom stereocenters. The zero-order valence-corrected chi connectivity index (χ0v) is 14.0. The first-order chi connectivity index (χ1) is 8.96. The molecule has 3 nitrogen and oxygen atoms in total. The molecule has 0 aliphatic carbocycles. The first-order valence-electron chi connectivity index (χ1n) is 6.85. The Morgan fingerprint density at radius 1 is 1.42 bits per heavy atom. The second kappa shape index (κ2) is 7.98. The molecule has 1 N–H and O–H groups in total. The molecule has 0 fully saturated rings. The van der Waals surface area contributed by atoms with Crippen molar-refractivity contribution in [3.05, 3.63) is 28.5 Å². The molecule has 1 aromatic heterocycles. The van der Waals surface area contributed by atoms with Crippen LogP contribution in [0.15, 0.2) is 22.9 Å². The van der Waals surface area contributed by atoms with Crippen molar-refractivity contribution in [2.24, 2.45) is 0 Å². The van der Waals surface area contributed by atoms with E-state index in [-0.39, 0.29) is 5.60 Å². The van der Waals surface area contributed by atoms with Gasteiger partial charge in [-0.1, -0.05) is 6.92 Å². The maximum atomic E-state index is 5.54. The van der Waals surface area contributed by atoms with E-state index in [2.05, 4.69) is 53.1 Å². The predicted molar refractivity (Wildman–Crippen MR) is 83.4 cm³/mol. The van der Waals surface area contributed by atoms with E-state index in [0.717, 1.165) is 30.3 Å². The largest absolute Gasteiger partial charge is 0.379 e. The fourth-order valence-corrected chi connectivity index (χ4v) is 2.51. The van der Waals surface area contributed by atoms with Gasteiger partial charge in [0.05, 0.1) is 5.60 Å². The Morgan fingerprint density at radius 3 is 2.74 bits per heavy atom. The van der Waals surface area contributed by atoms with Crippen molar-refractivity contribution in [2.45, 2.75) is 51.7 Å². The molecule has 0 saturated carbocycles. The second-order valence-corrected chi connectivity index (χ2v) is 6.45. The molecule has 0 aromatic carbocycles. The minimum absolute atomic E-state index is 0.106. The van der Waals surface area contributed by atoms with E-state index in [0.29, 0.717) is 6.04 Å². The average Bonchev–Trinajstić information content (AvgIpc) is 2.35. The number of hydrogen-bond donors (Lipinski definition) is 1. The SMILES string of the molecule is CCCNC(Cc1cncc(Br)c1)CC(C)(C)OC.